The number of likely N-dealkylation sites (N-methyl/N-ethyl adjacent to an activating group) is 1. The van der Waals surface area contributed by atoms with Crippen LogP contribution in [0, 0.1) is 0 Å². The molecule has 0 aliphatic rings. The first kappa shape index (κ1) is 74.2. The van der Waals surface area contributed by atoms with Crippen LogP contribution < -0.4 is 5.32 Å². The number of hydrogen-bond donors (Lipinski definition) is 2. The number of hydrogen-bond acceptors (Lipinski definition) is 6. The molecule has 0 heterocycles. The molecule has 76 heavy (non-hydrogen) atoms. The van der Waals surface area contributed by atoms with Gasteiger partial charge in [0.05, 0.1) is 33.8 Å². The first-order chi connectivity index (χ1) is 36.9. The van der Waals surface area contributed by atoms with E-state index in [0.717, 1.165) is 83.5 Å². The van der Waals surface area contributed by atoms with Crippen molar-refractivity contribution in [2.75, 3.05) is 40.9 Å². The molecule has 3 unspecified atom stereocenters. The molecule has 2 N–H and O–H groups in total. The van der Waals surface area contributed by atoms with E-state index in [1.54, 1.807) is 0 Å². The summed E-state index contributed by atoms with van der Waals surface area (Å²) in [5.41, 5.74) is 0. The Balaban J connectivity index is 4.94. The largest absolute Gasteiger partial charge is 0.472 e. The van der Waals surface area contributed by atoms with E-state index >= 15 is 0 Å². The minimum atomic E-state index is -4.44. The number of nitrogens with one attached hydrogen (secondary N) is 1. The van der Waals surface area contributed by atoms with Crippen LogP contribution in [0.3, 0.4) is 0 Å². The normalized spacial score (nSPS) is 13.8. The quantitative estimate of drug-likeness (QED) is 0.0205. The highest BCUT2D eigenvalue weighted by Gasteiger charge is 2.30. The summed E-state index contributed by atoms with van der Waals surface area (Å²) in [5, 5.41) is 3.06. The van der Waals surface area contributed by atoms with Crippen molar-refractivity contribution in [2.24, 2.45) is 0 Å². The van der Waals surface area contributed by atoms with Crippen molar-refractivity contribution < 1.29 is 37.3 Å². The number of phosphoric acid groups is 1. The van der Waals surface area contributed by atoms with Crippen molar-refractivity contribution >= 4 is 19.7 Å². The monoisotopic (exact) mass is 1090 g/mol. The van der Waals surface area contributed by atoms with Gasteiger partial charge in [-0.25, -0.2) is 4.57 Å². The lowest BCUT2D eigenvalue weighted by molar-refractivity contribution is -0.870. The molecular formula is C66H128N2O7P+. The zero-order valence-electron chi connectivity index (χ0n) is 51.3. The Morgan fingerprint density at radius 2 is 0.776 bits per heavy atom. The Bertz CT molecular complexity index is 1400. The van der Waals surface area contributed by atoms with Crippen LogP contribution in [0.15, 0.2) is 36.5 Å². The number of phosphoric ester groups is 1. The maximum Gasteiger partial charge on any atom is 0.472 e. The predicted octanol–water partition coefficient (Wildman–Crippen LogP) is 20.3. The van der Waals surface area contributed by atoms with Gasteiger partial charge < -0.3 is 19.4 Å². The molecule has 0 bridgehead atoms. The standard InChI is InChI=1S/C66H127N2O7P/c1-7-10-13-16-19-22-25-27-28-29-30-31-32-33-34-35-36-37-38-39-40-41-44-46-49-52-55-58-65(69)67-63(62-74-76(71,72)73-61-60-68(4,5)6)64(57-54-51-48-45-43-26-23-20-17-14-11-8-2)75-66(70)59-56-53-50-47-42-24-21-18-15-12-9-3/h18,21,27-28,54,57,63-64H,7-17,19-20,22-26,29-53,55-56,58-62H2,1-6H3,(H-,67,69,71,72)/p+1/b21-18-,28-27+,57-54-. The summed E-state index contributed by atoms with van der Waals surface area (Å²) in [6, 6.07) is -0.847. The molecular weight excluding hydrogens is 964 g/mol. The first-order valence-electron chi connectivity index (χ1n) is 32.8. The van der Waals surface area contributed by atoms with Crippen LogP contribution in [0.25, 0.3) is 0 Å². The number of unbranched alkanes of at least 4 members (excludes halogenated alkanes) is 40. The number of nitrogens with zero attached hydrogens (tertiary/aromatic N) is 1. The second-order valence-corrected chi connectivity index (χ2v) is 25.1. The fourth-order valence-electron chi connectivity index (χ4n) is 9.68. The van der Waals surface area contributed by atoms with Crippen molar-refractivity contribution in [2.45, 2.75) is 335 Å². The van der Waals surface area contributed by atoms with Crippen LogP contribution in [-0.4, -0.2) is 74.3 Å². The molecule has 0 aliphatic heterocycles. The van der Waals surface area contributed by atoms with Crippen LogP contribution in [0.5, 0.6) is 0 Å². The topological polar surface area (TPSA) is 111 Å². The van der Waals surface area contributed by atoms with Crippen LogP contribution in [0.1, 0.15) is 323 Å². The lowest BCUT2D eigenvalue weighted by Crippen LogP contribution is -2.47. The van der Waals surface area contributed by atoms with Gasteiger partial charge in [0.2, 0.25) is 5.91 Å². The lowest BCUT2D eigenvalue weighted by Gasteiger charge is -2.27. The van der Waals surface area contributed by atoms with Crippen molar-refractivity contribution in [3.05, 3.63) is 36.5 Å². The molecule has 0 aromatic heterocycles. The number of esters is 1. The third-order valence-corrected chi connectivity index (χ3v) is 15.8. The number of amides is 1. The highest BCUT2D eigenvalue weighted by atomic mass is 31.2. The molecule has 0 aromatic rings. The zero-order chi connectivity index (χ0) is 55.7. The summed E-state index contributed by atoms with van der Waals surface area (Å²) in [4.78, 5) is 37.7. The molecule has 0 spiro atoms. The Labute approximate surface area is 472 Å². The third kappa shape index (κ3) is 56.9. The van der Waals surface area contributed by atoms with Gasteiger partial charge in [0, 0.05) is 12.8 Å². The van der Waals surface area contributed by atoms with Gasteiger partial charge in [-0.15, -0.1) is 0 Å². The lowest BCUT2D eigenvalue weighted by atomic mass is 10.0. The van der Waals surface area contributed by atoms with E-state index in [2.05, 4.69) is 50.4 Å². The van der Waals surface area contributed by atoms with Crippen molar-refractivity contribution in [3.8, 4) is 0 Å². The number of rotatable bonds is 60. The fraction of sp³-hybridized carbons (Fsp3) is 0.879. The number of allylic oxidation sites excluding steroid dienone is 5. The molecule has 448 valence electrons. The van der Waals surface area contributed by atoms with Gasteiger partial charge >= 0.3 is 13.8 Å². The molecule has 0 saturated heterocycles. The fourth-order valence-corrected chi connectivity index (χ4v) is 10.4. The highest BCUT2D eigenvalue weighted by Crippen LogP contribution is 2.43. The molecule has 0 saturated carbocycles. The molecule has 0 aromatic carbocycles. The summed E-state index contributed by atoms with van der Waals surface area (Å²) in [7, 11) is 1.50. The Kier molecular flexibility index (Phi) is 55.2. The highest BCUT2D eigenvalue weighted by molar-refractivity contribution is 7.47. The molecule has 0 rings (SSSR count). The van der Waals surface area contributed by atoms with Gasteiger partial charge in [0.1, 0.15) is 19.3 Å². The number of carbonyl (C=O) groups is 2. The summed E-state index contributed by atoms with van der Waals surface area (Å²) >= 11 is 0. The molecule has 1 amide bonds. The van der Waals surface area contributed by atoms with Crippen molar-refractivity contribution in [3.63, 3.8) is 0 Å². The number of quaternary nitrogens is 1. The first-order valence-corrected chi connectivity index (χ1v) is 34.3. The van der Waals surface area contributed by atoms with Crippen molar-refractivity contribution in [1.29, 1.82) is 0 Å². The minimum Gasteiger partial charge on any atom is -0.456 e. The van der Waals surface area contributed by atoms with Gasteiger partial charge in [-0.05, 0) is 76.7 Å². The van der Waals surface area contributed by atoms with E-state index in [9.17, 15) is 19.0 Å². The average Bonchev–Trinajstić information content (AvgIpc) is 3.38. The van der Waals surface area contributed by atoms with E-state index < -0.39 is 20.0 Å². The number of carbonyl (C=O) groups excluding carboxylic acids is 2. The SMILES string of the molecule is CCCC/C=C\CCCCCCCC(=O)OC(/C=C\CCCCCCCCCCCC)C(COP(=O)(O)OCC[N+](C)(C)C)NC(=O)CCCCCCCCCCCCCCCCCCC/C=C/CCCCCCCC. The van der Waals surface area contributed by atoms with Gasteiger partial charge in [0.25, 0.3) is 0 Å². The second kappa shape index (κ2) is 56.5. The smallest absolute Gasteiger partial charge is 0.456 e. The van der Waals surface area contributed by atoms with Crippen LogP contribution in [-0.2, 0) is 27.9 Å². The third-order valence-electron chi connectivity index (χ3n) is 14.8. The zero-order valence-corrected chi connectivity index (χ0v) is 52.2. The molecule has 0 radical (unpaired) electrons. The van der Waals surface area contributed by atoms with E-state index in [1.165, 1.54) is 205 Å². The Morgan fingerprint density at radius 1 is 0.447 bits per heavy atom. The Morgan fingerprint density at radius 3 is 1.16 bits per heavy atom. The second-order valence-electron chi connectivity index (χ2n) is 23.6. The van der Waals surface area contributed by atoms with Crippen LogP contribution in [0.2, 0.25) is 0 Å². The molecule has 0 fully saturated rings. The van der Waals surface area contributed by atoms with Gasteiger partial charge in [0.15, 0.2) is 0 Å². The Hall–Kier alpha value is -1.77. The molecule has 3 atom stereocenters. The van der Waals surface area contributed by atoms with Crippen molar-refractivity contribution in [1.82, 2.24) is 5.32 Å². The summed E-state index contributed by atoms with van der Waals surface area (Å²) in [6.07, 6.45) is 68.8. The average molecular weight is 1090 g/mol. The van der Waals surface area contributed by atoms with Crippen LogP contribution >= 0.6 is 7.82 Å². The van der Waals surface area contributed by atoms with Gasteiger partial charge in [-0.2, -0.15) is 0 Å². The predicted molar refractivity (Wildman–Crippen MR) is 328 cm³/mol. The minimum absolute atomic E-state index is 0.0412. The van der Waals surface area contributed by atoms with E-state index in [-0.39, 0.29) is 31.5 Å². The summed E-state index contributed by atoms with van der Waals surface area (Å²) in [5.74, 6) is -0.504. The van der Waals surface area contributed by atoms with E-state index in [4.69, 9.17) is 13.8 Å². The van der Waals surface area contributed by atoms with E-state index in [0.29, 0.717) is 17.4 Å². The summed E-state index contributed by atoms with van der Waals surface area (Å²) < 4.78 is 30.7. The van der Waals surface area contributed by atoms with Crippen LogP contribution in [0.4, 0.5) is 0 Å². The maximum absolute atomic E-state index is 13.6. The number of ether oxygens (including phenoxy) is 1. The molecule has 9 nitrogen and oxygen atoms in total. The maximum atomic E-state index is 13.6. The summed E-state index contributed by atoms with van der Waals surface area (Å²) in [6.45, 7) is 7.00. The van der Waals surface area contributed by atoms with E-state index in [1.807, 2.05) is 33.3 Å². The molecule has 0 aliphatic carbocycles. The van der Waals surface area contributed by atoms with Gasteiger partial charge in [-0.1, -0.05) is 269 Å². The van der Waals surface area contributed by atoms with Gasteiger partial charge in [-0.3, -0.25) is 18.6 Å². The molecule has 10 heteroatoms.